The van der Waals surface area contributed by atoms with Crippen LogP contribution in [0, 0.1) is 0 Å². The second-order valence-electron chi connectivity index (χ2n) is 30.2. The maximum Gasteiger partial charge on any atom is 0.472 e. The van der Waals surface area contributed by atoms with Crippen LogP contribution in [0.15, 0.2) is 0 Å². The lowest BCUT2D eigenvalue weighted by Crippen LogP contribution is -2.30. The number of carbonyl (C=O) groups is 4. The van der Waals surface area contributed by atoms with Gasteiger partial charge in [-0.05, 0) is 25.7 Å². The Hall–Kier alpha value is -1.94. The second-order valence-corrected chi connectivity index (χ2v) is 33.1. The standard InChI is InChI=1S/C84H164O17P2/c1-5-9-13-17-21-25-29-33-35-37-38-39-40-41-42-44-47-51-55-59-63-67-71-84(89)101-80(75-95-82(87)69-65-61-57-53-49-46-43-36-34-30-26-22-18-14-10-6-2)77-99-103(92,93)97-73-78(85)72-96-102(90,91)98-76-79(74-94-81(86)68-64-60-56-52-48-32-28-24-20-16-12-8-4)100-83(88)70-66-62-58-54-50-45-31-27-23-19-15-11-7-3/h78-80,85H,5-77H2,1-4H3,(H,90,91)(H,92,93)/t78-,79+,80+/m0/s1. The summed E-state index contributed by atoms with van der Waals surface area (Å²) < 4.78 is 68.8. The number of unbranched alkanes of at least 4 members (excludes halogenated alkanes) is 59. The molecule has 0 radical (unpaired) electrons. The molecule has 0 aromatic heterocycles. The normalized spacial score (nSPS) is 13.7. The van der Waals surface area contributed by atoms with Crippen molar-refractivity contribution in [1.29, 1.82) is 0 Å². The summed E-state index contributed by atoms with van der Waals surface area (Å²) in [5, 5.41) is 10.7. The number of phosphoric acid groups is 2. The fourth-order valence-electron chi connectivity index (χ4n) is 13.2. The zero-order valence-electron chi connectivity index (χ0n) is 67.3. The highest BCUT2D eigenvalue weighted by Crippen LogP contribution is 2.45. The van der Waals surface area contributed by atoms with Crippen LogP contribution in [-0.2, 0) is 65.4 Å². The Morgan fingerprint density at radius 2 is 0.388 bits per heavy atom. The van der Waals surface area contributed by atoms with Gasteiger partial charge in [0.1, 0.15) is 19.3 Å². The quantitative estimate of drug-likeness (QED) is 0.0222. The molecule has 0 aliphatic heterocycles. The van der Waals surface area contributed by atoms with Gasteiger partial charge in [-0.15, -0.1) is 0 Å². The van der Waals surface area contributed by atoms with E-state index in [2.05, 4.69) is 27.7 Å². The highest BCUT2D eigenvalue weighted by Gasteiger charge is 2.30. The van der Waals surface area contributed by atoms with E-state index in [1.54, 1.807) is 0 Å². The lowest BCUT2D eigenvalue weighted by atomic mass is 10.0. The van der Waals surface area contributed by atoms with E-state index < -0.39 is 97.5 Å². The van der Waals surface area contributed by atoms with Crippen LogP contribution in [0.25, 0.3) is 0 Å². The molecule has 0 saturated heterocycles. The molecule has 0 rings (SSSR count). The summed E-state index contributed by atoms with van der Waals surface area (Å²) in [6.07, 6.45) is 72.1. The molecule has 3 N–H and O–H groups in total. The smallest absolute Gasteiger partial charge is 0.462 e. The van der Waals surface area contributed by atoms with Gasteiger partial charge < -0.3 is 33.8 Å². The second kappa shape index (κ2) is 78.2. The number of rotatable bonds is 85. The first-order valence-corrected chi connectivity index (χ1v) is 46.8. The molecule has 2 unspecified atom stereocenters. The third-order valence-corrected chi connectivity index (χ3v) is 21.8. The molecule has 0 aliphatic rings. The van der Waals surface area contributed by atoms with Gasteiger partial charge in [-0.25, -0.2) is 9.13 Å². The van der Waals surface area contributed by atoms with Crippen molar-refractivity contribution in [1.82, 2.24) is 0 Å². The van der Waals surface area contributed by atoms with Crippen LogP contribution in [-0.4, -0.2) is 96.7 Å². The molecular weight excluding hydrogens is 1340 g/mol. The Morgan fingerprint density at radius 1 is 0.233 bits per heavy atom. The van der Waals surface area contributed by atoms with E-state index in [1.807, 2.05) is 0 Å². The summed E-state index contributed by atoms with van der Waals surface area (Å²) in [4.78, 5) is 73.1. The summed E-state index contributed by atoms with van der Waals surface area (Å²) in [5.41, 5.74) is 0. The molecule has 0 heterocycles. The van der Waals surface area contributed by atoms with Crippen LogP contribution >= 0.6 is 15.6 Å². The first kappa shape index (κ1) is 101. The fourth-order valence-corrected chi connectivity index (χ4v) is 14.7. The van der Waals surface area contributed by atoms with Crippen molar-refractivity contribution in [3.63, 3.8) is 0 Å². The summed E-state index contributed by atoms with van der Waals surface area (Å²) in [5.74, 6) is -2.10. The third kappa shape index (κ3) is 78.0. The van der Waals surface area contributed by atoms with E-state index in [1.165, 1.54) is 289 Å². The first-order chi connectivity index (χ1) is 50.2. The van der Waals surface area contributed by atoms with Gasteiger partial charge >= 0.3 is 39.5 Å². The van der Waals surface area contributed by atoms with E-state index in [-0.39, 0.29) is 25.7 Å². The molecule has 5 atom stereocenters. The topological polar surface area (TPSA) is 237 Å². The molecule has 0 bridgehead atoms. The zero-order valence-corrected chi connectivity index (χ0v) is 69.1. The molecule has 19 heteroatoms. The number of aliphatic hydroxyl groups excluding tert-OH is 1. The minimum Gasteiger partial charge on any atom is -0.462 e. The van der Waals surface area contributed by atoms with Gasteiger partial charge in [0.05, 0.1) is 26.4 Å². The fraction of sp³-hybridized carbons (Fsp3) is 0.952. The van der Waals surface area contributed by atoms with Gasteiger partial charge in [0.15, 0.2) is 12.2 Å². The predicted molar refractivity (Wildman–Crippen MR) is 423 cm³/mol. The van der Waals surface area contributed by atoms with Crippen molar-refractivity contribution >= 4 is 39.5 Å². The van der Waals surface area contributed by atoms with Crippen molar-refractivity contribution in [2.45, 2.75) is 476 Å². The minimum atomic E-state index is -4.96. The van der Waals surface area contributed by atoms with Crippen LogP contribution in [0.5, 0.6) is 0 Å². The summed E-state index contributed by atoms with van der Waals surface area (Å²) in [6, 6.07) is 0. The van der Waals surface area contributed by atoms with Crippen LogP contribution in [0.2, 0.25) is 0 Å². The van der Waals surface area contributed by atoms with Gasteiger partial charge in [-0.2, -0.15) is 0 Å². The number of hydrogen-bond donors (Lipinski definition) is 3. The van der Waals surface area contributed by atoms with E-state index in [9.17, 15) is 43.2 Å². The Kier molecular flexibility index (Phi) is 76.7. The molecular formula is C84H164O17P2. The first-order valence-electron chi connectivity index (χ1n) is 43.8. The number of carbonyl (C=O) groups excluding carboxylic acids is 4. The summed E-state index contributed by atoms with van der Waals surface area (Å²) in [6.45, 7) is 5.05. The van der Waals surface area contributed by atoms with Crippen molar-refractivity contribution < 1.29 is 80.2 Å². The van der Waals surface area contributed by atoms with E-state index in [0.29, 0.717) is 25.7 Å². The molecule has 0 saturated carbocycles. The van der Waals surface area contributed by atoms with Crippen molar-refractivity contribution in [3.8, 4) is 0 Å². The monoisotopic (exact) mass is 1510 g/mol. The molecule has 103 heavy (non-hydrogen) atoms. The summed E-state index contributed by atoms with van der Waals surface area (Å²) >= 11 is 0. The van der Waals surface area contributed by atoms with Crippen molar-refractivity contribution in [2.24, 2.45) is 0 Å². The number of hydrogen-bond acceptors (Lipinski definition) is 15. The van der Waals surface area contributed by atoms with Crippen molar-refractivity contribution in [2.75, 3.05) is 39.6 Å². The number of ether oxygens (including phenoxy) is 4. The molecule has 0 fully saturated rings. The highest BCUT2D eigenvalue weighted by molar-refractivity contribution is 7.47. The zero-order chi connectivity index (χ0) is 75.3. The van der Waals surface area contributed by atoms with Crippen LogP contribution in [0.4, 0.5) is 0 Å². The Morgan fingerprint density at radius 3 is 0.573 bits per heavy atom. The predicted octanol–water partition coefficient (Wildman–Crippen LogP) is 25.7. The molecule has 612 valence electrons. The SMILES string of the molecule is CCCCCCCCCCCCCCCCCCCCCCCCC(=O)O[C@H](COC(=O)CCCCCCCCCCCCCCCCCC)COP(=O)(O)OC[C@@H](O)COP(=O)(O)OC[C@@H](COC(=O)CCCCCCCCCCCCCC)OC(=O)CCCCCCCCCCCCCCC. The average Bonchev–Trinajstić information content (AvgIpc) is 1.10. The van der Waals surface area contributed by atoms with Gasteiger partial charge in [0.25, 0.3) is 0 Å². The molecule has 17 nitrogen and oxygen atoms in total. The lowest BCUT2D eigenvalue weighted by molar-refractivity contribution is -0.161. The lowest BCUT2D eigenvalue weighted by Gasteiger charge is -2.21. The van der Waals surface area contributed by atoms with E-state index >= 15 is 0 Å². The van der Waals surface area contributed by atoms with Gasteiger partial charge in [0.2, 0.25) is 0 Å². The van der Waals surface area contributed by atoms with Crippen LogP contribution in [0.1, 0.15) is 458 Å². The van der Waals surface area contributed by atoms with Gasteiger partial charge in [0, 0.05) is 25.7 Å². The number of aliphatic hydroxyl groups is 1. The number of phosphoric ester groups is 2. The Bertz CT molecular complexity index is 1950. The number of esters is 4. The van der Waals surface area contributed by atoms with Crippen LogP contribution < -0.4 is 0 Å². The van der Waals surface area contributed by atoms with Gasteiger partial charge in [-0.1, -0.05) is 407 Å². The molecule has 0 aromatic carbocycles. The maximum absolute atomic E-state index is 13.1. The van der Waals surface area contributed by atoms with Gasteiger partial charge in [-0.3, -0.25) is 37.3 Å². The third-order valence-electron chi connectivity index (χ3n) is 19.9. The minimum absolute atomic E-state index is 0.109. The van der Waals surface area contributed by atoms with Crippen LogP contribution in [0.3, 0.4) is 0 Å². The Labute approximate surface area is 632 Å². The van der Waals surface area contributed by atoms with Crippen molar-refractivity contribution in [3.05, 3.63) is 0 Å². The summed E-state index contributed by atoms with van der Waals surface area (Å²) in [7, 11) is -9.92. The van der Waals surface area contributed by atoms with E-state index in [0.717, 1.165) is 89.9 Å². The molecule has 0 spiro atoms. The maximum atomic E-state index is 13.1. The van der Waals surface area contributed by atoms with E-state index in [4.69, 9.17) is 37.0 Å². The Balaban J connectivity index is 5.22. The highest BCUT2D eigenvalue weighted by atomic mass is 31.2. The molecule has 0 aliphatic carbocycles. The largest absolute Gasteiger partial charge is 0.472 e. The molecule has 0 amide bonds. The average molecular weight is 1510 g/mol. The molecule has 0 aromatic rings.